The molecule has 0 radical (unpaired) electrons. The summed E-state index contributed by atoms with van der Waals surface area (Å²) in [7, 11) is 0. The van der Waals surface area contributed by atoms with Gasteiger partial charge in [-0.2, -0.15) is 0 Å². The molecular weight excluding hydrogens is 793 g/mol. The van der Waals surface area contributed by atoms with Crippen LogP contribution in [0.4, 0.5) is 0 Å². The Balaban J connectivity index is 4.43. The molecule has 64 heavy (non-hydrogen) atoms. The summed E-state index contributed by atoms with van der Waals surface area (Å²) >= 11 is 0. The highest BCUT2D eigenvalue weighted by molar-refractivity contribution is 5.71. The van der Waals surface area contributed by atoms with Crippen LogP contribution in [0.2, 0.25) is 0 Å². The molecule has 0 aromatic rings. The summed E-state index contributed by atoms with van der Waals surface area (Å²) in [4.78, 5) is 38.0. The van der Waals surface area contributed by atoms with Crippen molar-refractivity contribution in [3.8, 4) is 0 Å². The molecule has 0 saturated heterocycles. The maximum atomic E-state index is 12.8. The van der Waals surface area contributed by atoms with E-state index in [2.05, 4.69) is 93.7 Å². The van der Waals surface area contributed by atoms with Gasteiger partial charge in [0.1, 0.15) is 13.2 Å². The average Bonchev–Trinajstić information content (AvgIpc) is 3.29. The van der Waals surface area contributed by atoms with Gasteiger partial charge in [0.05, 0.1) is 0 Å². The number of rotatable bonds is 48. The molecule has 0 amide bonds. The van der Waals surface area contributed by atoms with Gasteiger partial charge in [0.25, 0.3) is 0 Å². The predicted molar refractivity (Wildman–Crippen MR) is 274 cm³/mol. The molecule has 6 heteroatoms. The zero-order valence-corrected chi connectivity index (χ0v) is 42.0. The number of unbranched alkanes of at least 4 members (excludes halogenated alkanes) is 25. The fraction of sp³-hybridized carbons (Fsp3) is 0.741. The molecule has 0 aliphatic carbocycles. The van der Waals surface area contributed by atoms with E-state index in [1.54, 1.807) is 0 Å². The maximum absolute atomic E-state index is 12.8. The van der Waals surface area contributed by atoms with Crippen molar-refractivity contribution in [3.63, 3.8) is 0 Å². The number of carbonyl (C=O) groups is 3. The minimum absolute atomic E-state index is 0.0951. The lowest BCUT2D eigenvalue weighted by atomic mass is 10.1. The molecule has 0 heterocycles. The van der Waals surface area contributed by atoms with E-state index < -0.39 is 6.10 Å². The lowest BCUT2D eigenvalue weighted by Gasteiger charge is -2.18. The van der Waals surface area contributed by atoms with E-state index >= 15 is 0 Å². The Bertz CT molecular complexity index is 1210. The van der Waals surface area contributed by atoms with Gasteiger partial charge in [-0.1, -0.05) is 203 Å². The van der Waals surface area contributed by atoms with Crippen molar-refractivity contribution in [3.05, 3.63) is 72.9 Å². The van der Waals surface area contributed by atoms with Gasteiger partial charge < -0.3 is 14.2 Å². The molecule has 0 rings (SSSR count). The molecule has 0 aromatic carbocycles. The molecular formula is C58H100O6. The Morgan fingerprint density at radius 3 is 1.02 bits per heavy atom. The zero-order valence-electron chi connectivity index (χ0n) is 42.0. The third-order valence-electron chi connectivity index (χ3n) is 11.4. The van der Waals surface area contributed by atoms with Crippen LogP contribution >= 0.6 is 0 Å². The summed E-state index contributed by atoms with van der Waals surface area (Å²) in [6, 6.07) is 0. The standard InChI is InChI=1S/C58H100O6/c1-4-7-10-13-16-19-22-25-27-29-30-32-33-36-39-42-45-48-51-57(60)63-54-55(53-62-56(59)50-47-44-41-38-35-24-21-18-15-12-9-6-3)64-58(61)52-49-46-43-40-37-34-31-28-26-23-20-17-14-11-8-5-2/h8,11,17-18,20-21,26,28,30,32,34,37,55H,4-7,9-10,12-16,19,22-25,27,29,31,33,35-36,38-54H2,1-3H3/b11-8-,20-17-,21-18-,28-26-,32-30-,37-34-. The average molecular weight is 893 g/mol. The van der Waals surface area contributed by atoms with Crippen LogP contribution in [0.1, 0.15) is 258 Å². The lowest BCUT2D eigenvalue weighted by molar-refractivity contribution is -0.167. The molecule has 1 atom stereocenters. The summed E-state index contributed by atoms with van der Waals surface area (Å²) in [6.45, 7) is 6.47. The van der Waals surface area contributed by atoms with E-state index in [9.17, 15) is 14.4 Å². The first-order chi connectivity index (χ1) is 31.5. The number of esters is 3. The zero-order chi connectivity index (χ0) is 46.5. The Kier molecular flexibility index (Phi) is 49.9. The highest BCUT2D eigenvalue weighted by atomic mass is 16.6. The second-order valence-electron chi connectivity index (χ2n) is 17.7. The molecule has 0 spiro atoms. The number of ether oxygens (including phenoxy) is 3. The first kappa shape index (κ1) is 60.9. The van der Waals surface area contributed by atoms with Gasteiger partial charge in [0, 0.05) is 19.3 Å². The minimum Gasteiger partial charge on any atom is -0.462 e. The number of allylic oxidation sites excluding steroid dienone is 12. The van der Waals surface area contributed by atoms with E-state index in [0.29, 0.717) is 12.8 Å². The van der Waals surface area contributed by atoms with E-state index in [1.165, 1.54) is 116 Å². The van der Waals surface area contributed by atoms with Gasteiger partial charge in [-0.15, -0.1) is 0 Å². The SMILES string of the molecule is CC/C=C\C/C=C\C/C=C\C/C=C\CCCCCC(=O)OC(COC(=O)CCCCCCC/C=C\CCCCC)COC(=O)CCCCCCC/C=C\CCCCCCCCCCC. The van der Waals surface area contributed by atoms with E-state index in [0.717, 1.165) is 103 Å². The van der Waals surface area contributed by atoms with Gasteiger partial charge >= 0.3 is 17.9 Å². The van der Waals surface area contributed by atoms with Gasteiger partial charge in [-0.25, -0.2) is 0 Å². The third-order valence-corrected chi connectivity index (χ3v) is 11.4. The van der Waals surface area contributed by atoms with E-state index in [-0.39, 0.29) is 37.5 Å². The Morgan fingerprint density at radius 2 is 0.609 bits per heavy atom. The van der Waals surface area contributed by atoms with Crippen LogP contribution in [0.3, 0.4) is 0 Å². The topological polar surface area (TPSA) is 78.9 Å². The Morgan fingerprint density at radius 1 is 0.328 bits per heavy atom. The third kappa shape index (κ3) is 49.9. The summed E-state index contributed by atoms with van der Waals surface area (Å²) < 4.78 is 16.8. The summed E-state index contributed by atoms with van der Waals surface area (Å²) in [5.74, 6) is -0.940. The van der Waals surface area contributed by atoms with Crippen LogP contribution < -0.4 is 0 Å². The molecule has 0 bridgehead atoms. The maximum Gasteiger partial charge on any atom is 0.306 e. The largest absolute Gasteiger partial charge is 0.462 e. The van der Waals surface area contributed by atoms with Crippen LogP contribution in [-0.4, -0.2) is 37.2 Å². The highest BCUT2D eigenvalue weighted by Gasteiger charge is 2.19. The predicted octanol–water partition coefficient (Wildman–Crippen LogP) is 17.8. The number of hydrogen-bond donors (Lipinski definition) is 0. The van der Waals surface area contributed by atoms with Gasteiger partial charge in [-0.05, 0) is 109 Å². The summed E-state index contributed by atoms with van der Waals surface area (Å²) in [6.07, 6.45) is 66.0. The normalized spacial score (nSPS) is 12.6. The smallest absolute Gasteiger partial charge is 0.306 e. The molecule has 0 aliphatic heterocycles. The van der Waals surface area contributed by atoms with Crippen LogP contribution in [0.15, 0.2) is 72.9 Å². The van der Waals surface area contributed by atoms with Crippen molar-refractivity contribution in [2.75, 3.05) is 13.2 Å². The Hall–Kier alpha value is -3.15. The Labute approximate surface area is 395 Å². The van der Waals surface area contributed by atoms with Crippen LogP contribution in [0.25, 0.3) is 0 Å². The van der Waals surface area contributed by atoms with Crippen LogP contribution in [0.5, 0.6) is 0 Å². The van der Waals surface area contributed by atoms with Crippen molar-refractivity contribution < 1.29 is 28.6 Å². The molecule has 6 nitrogen and oxygen atoms in total. The number of hydrogen-bond acceptors (Lipinski definition) is 6. The van der Waals surface area contributed by atoms with Gasteiger partial charge in [0.15, 0.2) is 6.10 Å². The fourth-order valence-corrected chi connectivity index (χ4v) is 7.36. The summed E-state index contributed by atoms with van der Waals surface area (Å²) in [5.41, 5.74) is 0. The molecule has 368 valence electrons. The van der Waals surface area contributed by atoms with E-state index in [4.69, 9.17) is 14.2 Å². The summed E-state index contributed by atoms with van der Waals surface area (Å²) in [5, 5.41) is 0. The van der Waals surface area contributed by atoms with Crippen molar-refractivity contribution >= 4 is 17.9 Å². The second kappa shape index (κ2) is 52.5. The fourth-order valence-electron chi connectivity index (χ4n) is 7.36. The van der Waals surface area contributed by atoms with Crippen LogP contribution in [0, 0.1) is 0 Å². The molecule has 0 N–H and O–H groups in total. The van der Waals surface area contributed by atoms with Crippen molar-refractivity contribution in [2.45, 2.75) is 264 Å². The molecule has 1 unspecified atom stereocenters. The second-order valence-corrected chi connectivity index (χ2v) is 17.7. The minimum atomic E-state index is -0.798. The monoisotopic (exact) mass is 893 g/mol. The molecule has 0 aromatic heterocycles. The molecule has 0 fully saturated rings. The molecule has 0 aliphatic rings. The van der Waals surface area contributed by atoms with Gasteiger partial charge in [-0.3, -0.25) is 14.4 Å². The first-order valence-electron chi connectivity index (χ1n) is 26.9. The lowest BCUT2D eigenvalue weighted by Crippen LogP contribution is -2.30. The van der Waals surface area contributed by atoms with Crippen LogP contribution in [-0.2, 0) is 28.6 Å². The van der Waals surface area contributed by atoms with Gasteiger partial charge in [0.2, 0.25) is 0 Å². The van der Waals surface area contributed by atoms with E-state index in [1.807, 2.05) is 0 Å². The molecule has 0 saturated carbocycles. The van der Waals surface area contributed by atoms with Crippen molar-refractivity contribution in [1.29, 1.82) is 0 Å². The highest BCUT2D eigenvalue weighted by Crippen LogP contribution is 2.14. The number of carbonyl (C=O) groups excluding carboxylic acids is 3. The first-order valence-corrected chi connectivity index (χ1v) is 26.9. The quantitative estimate of drug-likeness (QED) is 0.0262. The van der Waals surface area contributed by atoms with Crippen molar-refractivity contribution in [2.24, 2.45) is 0 Å². The van der Waals surface area contributed by atoms with Crippen molar-refractivity contribution in [1.82, 2.24) is 0 Å².